The summed E-state index contributed by atoms with van der Waals surface area (Å²) in [4.78, 5) is 39.4. The third-order valence-electron chi connectivity index (χ3n) is 4.54. The first-order valence-electron chi connectivity index (χ1n) is 8.81. The number of halogens is 1. The average molecular weight is 454 g/mol. The fourth-order valence-electron chi connectivity index (χ4n) is 3.08. The van der Waals surface area contributed by atoms with Gasteiger partial charge in [0, 0.05) is 17.0 Å². The SMILES string of the molecule is N#Cc1ccccc1COc1ccc(Cl)c(-n2c(=O)[nH]c3csc(C(=O)O)c3c2=O)c1. The molecule has 0 aliphatic heterocycles. The van der Waals surface area contributed by atoms with E-state index in [0.717, 1.165) is 15.9 Å². The lowest BCUT2D eigenvalue weighted by Crippen LogP contribution is -2.34. The van der Waals surface area contributed by atoms with Gasteiger partial charge < -0.3 is 14.8 Å². The molecule has 2 aromatic heterocycles. The van der Waals surface area contributed by atoms with Crippen LogP contribution in [0.2, 0.25) is 5.02 Å². The fraction of sp³-hybridized carbons (Fsp3) is 0.0476. The zero-order valence-corrected chi connectivity index (χ0v) is 17.2. The third-order valence-corrected chi connectivity index (χ3v) is 5.83. The van der Waals surface area contributed by atoms with Crippen molar-refractivity contribution in [3.05, 3.63) is 89.7 Å². The number of benzene rings is 2. The van der Waals surface area contributed by atoms with Crippen molar-refractivity contribution in [2.24, 2.45) is 0 Å². The Labute approximate surface area is 183 Å². The van der Waals surface area contributed by atoms with Crippen LogP contribution >= 0.6 is 22.9 Å². The number of nitrogens with zero attached hydrogens (tertiary/aromatic N) is 2. The maximum Gasteiger partial charge on any atom is 0.346 e. The van der Waals surface area contributed by atoms with E-state index in [1.54, 1.807) is 30.3 Å². The quantitative estimate of drug-likeness (QED) is 0.476. The van der Waals surface area contributed by atoms with Gasteiger partial charge in [-0.1, -0.05) is 29.8 Å². The maximum absolute atomic E-state index is 13.0. The monoisotopic (exact) mass is 453 g/mol. The van der Waals surface area contributed by atoms with E-state index in [1.807, 2.05) is 0 Å². The first kappa shape index (κ1) is 20.4. The van der Waals surface area contributed by atoms with Crippen LogP contribution in [0.5, 0.6) is 5.75 Å². The Morgan fingerprint density at radius 3 is 2.77 bits per heavy atom. The summed E-state index contributed by atoms with van der Waals surface area (Å²) in [5, 5.41) is 19.9. The van der Waals surface area contributed by atoms with E-state index >= 15 is 0 Å². The first-order chi connectivity index (χ1) is 14.9. The van der Waals surface area contributed by atoms with Crippen molar-refractivity contribution in [1.82, 2.24) is 9.55 Å². The summed E-state index contributed by atoms with van der Waals surface area (Å²) in [6.45, 7) is 0.0861. The molecule has 4 rings (SSSR count). The van der Waals surface area contributed by atoms with Crippen LogP contribution in [0.1, 0.15) is 20.8 Å². The minimum atomic E-state index is -1.27. The number of aromatic nitrogens is 2. The van der Waals surface area contributed by atoms with E-state index in [2.05, 4.69) is 11.1 Å². The predicted molar refractivity (Wildman–Crippen MR) is 116 cm³/mol. The summed E-state index contributed by atoms with van der Waals surface area (Å²) in [6, 6.07) is 13.5. The summed E-state index contributed by atoms with van der Waals surface area (Å²) in [6.07, 6.45) is 0. The summed E-state index contributed by atoms with van der Waals surface area (Å²) < 4.78 is 6.51. The predicted octanol–water partition coefficient (Wildman–Crippen LogP) is 3.54. The molecule has 0 saturated carbocycles. The number of nitriles is 1. The highest BCUT2D eigenvalue weighted by Gasteiger charge is 2.20. The first-order valence-corrected chi connectivity index (χ1v) is 10.1. The van der Waals surface area contributed by atoms with E-state index in [1.165, 1.54) is 17.5 Å². The topological polar surface area (TPSA) is 125 Å². The zero-order valence-electron chi connectivity index (χ0n) is 15.6. The maximum atomic E-state index is 13.0. The van der Waals surface area contributed by atoms with E-state index in [9.17, 15) is 24.8 Å². The number of carbonyl (C=O) groups is 1. The molecule has 0 amide bonds. The van der Waals surface area contributed by atoms with Crippen molar-refractivity contribution >= 4 is 39.8 Å². The van der Waals surface area contributed by atoms with Gasteiger partial charge in [-0.05, 0) is 18.2 Å². The number of H-pyrrole nitrogens is 1. The molecule has 0 atom stereocenters. The lowest BCUT2D eigenvalue weighted by molar-refractivity contribution is 0.0704. The van der Waals surface area contributed by atoms with Crippen LogP contribution in [-0.4, -0.2) is 20.6 Å². The highest BCUT2D eigenvalue weighted by atomic mass is 35.5. The van der Waals surface area contributed by atoms with Crippen LogP contribution in [0.4, 0.5) is 0 Å². The number of aromatic carboxylic acids is 1. The third kappa shape index (κ3) is 3.70. The fourth-order valence-corrected chi connectivity index (χ4v) is 4.11. The van der Waals surface area contributed by atoms with Crippen molar-refractivity contribution in [2.75, 3.05) is 0 Å². The number of hydrogen-bond donors (Lipinski definition) is 2. The van der Waals surface area contributed by atoms with E-state index < -0.39 is 17.2 Å². The lowest BCUT2D eigenvalue weighted by Gasteiger charge is -2.12. The van der Waals surface area contributed by atoms with Crippen LogP contribution in [0.25, 0.3) is 16.6 Å². The van der Waals surface area contributed by atoms with Crippen LogP contribution < -0.4 is 16.0 Å². The molecular weight excluding hydrogens is 442 g/mol. The molecule has 0 aliphatic carbocycles. The number of thiophene rings is 1. The normalized spacial score (nSPS) is 10.7. The van der Waals surface area contributed by atoms with Crippen LogP contribution in [-0.2, 0) is 6.61 Å². The van der Waals surface area contributed by atoms with Gasteiger partial charge in [-0.25, -0.2) is 14.2 Å². The van der Waals surface area contributed by atoms with Gasteiger partial charge in [0.25, 0.3) is 5.56 Å². The Bertz CT molecular complexity index is 1500. The Hall–Kier alpha value is -3.87. The number of hydrogen-bond acceptors (Lipinski definition) is 6. The number of nitrogens with one attached hydrogen (secondary N) is 1. The van der Waals surface area contributed by atoms with Gasteiger partial charge >= 0.3 is 11.7 Å². The molecule has 31 heavy (non-hydrogen) atoms. The second-order valence-electron chi connectivity index (χ2n) is 6.40. The second-order valence-corrected chi connectivity index (χ2v) is 7.69. The smallest absolute Gasteiger partial charge is 0.346 e. The van der Waals surface area contributed by atoms with Gasteiger partial charge in [-0.15, -0.1) is 11.3 Å². The second kappa shape index (κ2) is 8.10. The minimum absolute atomic E-state index is 0.0448. The highest BCUT2D eigenvalue weighted by Crippen LogP contribution is 2.26. The van der Waals surface area contributed by atoms with Crippen molar-refractivity contribution in [1.29, 1.82) is 5.26 Å². The molecule has 4 aromatic rings. The molecule has 10 heteroatoms. The number of carboxylic acids is 1. The molecule has 0 fully saturated rings. The van der Waals surface area contributed by atoms with Crippen molar-refractivity contribution in [2.45, 2.75) is 6.61 Å². The Kier molecular flexibility index (Phi) is 5.33. The molecule has 0 saturated heterocycles. The highest BCUT2D eigenvalue weighted by molar-refractivity contribution is 7.13. The van der Waals surface area contributed by atoms with E-state index in [0.29, 0.717) is 16.9 Å². The largest absolute Gasteiger partial charge is 0.489 e. The molecular formula is C21H12ClN3O5S. The number of ether oxygens (including phenoxy) is 1. The molecule has 0 unspecified atom stereocenters. The van der Waals surface area contributed by atoms with Crippen molar-refractivity contribution in [3.63, 3.8) is 0 Å². The van der Waals surface area contributed by atoms with Gasteiger partial charge in [0.05, 0.1) is 33.2 Å². The van der Waals surface area contributed by atoms with Gasteiger partial charge in [-0.2, -0.15) is 5.26 Å². The van der Waals surface area contributed by atoms with E-state index in [4.69, 9.17) is 16.3 Å². The van der Waals surface area contributed by atoms with Gasteiger partial charge in [-0.3, -0.25) is 4.79 Å². The Morgan fingerprint density at radius 1 is 1.26 bits per heavy atom. The van der Waals surface area contributed by atoms with Gasteiger partial charge in [0.2, 0.25) is 0 Å². The number of aromatic amines is 1. The molecule has 154 valence electrons. The summed E-state index contributed by atoms with van der Waals surface area (Å²) in [5.41, 5.74) is -0.239. The molecule has 2 aromatic carbocycles. The van der Waals surface area contributed by atoms with Gasteiger partial charge in [0.15, 0.2) is 0 Å². The molecule has 2 N–H and O–H groups in total. The van der Waals surface area contributed by atoms with E-state index in [-0.39, 0.29) is 33.1 Å². The van der Waals surface area contributed by atoms with Crippen LogP contribution in [0, 0.1) is 11.3 Å². The molecule has 0 spiro atoms. The Morgan fingerprint density at radius 2 is 2.03 bits per heavy atom. The molecule has 2 heterocycles. The van der Waals surface area contributed by atoms with Crippen LogP contribution in [0.15, 0.2) is 57.4 Å². The number of carboxylic acid groups (broad SMARTS) is 1. The van der Waals surface area contributed by atoms with Crippen molar-refractivity contribution < 1.29 is 14.6 Å². The van der Waals surface area contributed by atoms with Gasteiger partial charge in [0.1, 0.15) is 17.2 Å². The molecule has 8 nitrogen and oxygen atoms in total. The molecule has 0 bridgehead atoms. The average Bonchev–Trinajstić information content (AvgIpc) is 3.18. The minimum Gasteiger partial charge on any atom is -0.489 e. The van der Waals surface area contributed by atoms with Crippen molar-refractivity contribution in [3.8, 4) is 17.5 Å². The van der Waals surface area contributed by atoms with Crippen LogP contribution in [0.3, 0.4) is 0 Å². The molecule has 0 radical (unpaired) electrons. The Balaban J connectivity index is 1.79. The molecule has 0 aliphatic rings. The summed E-state index contributed by atoms with van der Waals surface area (Å²) >= 11 is 7.09. The number of rotatable bonds is 5. The number of fused-ring (bicyclic) bond motifs is 1. The lowest BCUT2D eigenvalue weighted by atomic mass is 10.1. The standard InChI is InChI=1S/C21H12ClN3O5S/c22-14-6-5-13(30-9-12-4-2-1-3-11(12)8-23)7-16(14)25-19(26)17-15(24-21(25)29)10-31-18(17)20(27)28/h1-7,10H,9H2,(H,24,29)(H,27,28). The zero-order chi connectivity index (χ0) is 22.1. The summed E-state index contributed by atoms with van der Waals surface area (Å²) in [5.74, 6) is -0.961. The summed E-state index contributed by atoms with van der Waals surface area (Å²) in [7, 11) is 0.